The molecule has 1 aromatic heterocycles. The Bertz CT molecular complexity index is 867. The van der Waals surface area contributed by atoms with Crippen LogP contribution in [0.15, 0.2) is 62.7 Å². The van der Waals surface area contributed by atoms with E-state index in [1.54, 1.807) is 23.9 Å². The molecule has 2 aromatic carbocycles. The molecular weight excluding hydrogens is 373 g/mol. The zero-order valence-corrected chi connectivity index (χ0v) is 15.6. The largest absolute Gasteiger partial charge is 0.407 e. The Hall–Kier alpha value is -2.32. The fourth-order valence-electron chi connectivity index (χ4n) is 2.13. The summed E-state index contributed by atoms with van der Waals surface area (Å²) in [6.07, 6.45) is 2.53. The zero-order chi connectivity index (χ0) is 18.4. The molecule has 0 aliphatic carbocycles. The highest BCUT2D eigenvalue weighted by Crippen LogP contribution is 2.19. The van der Waals surface area contributed by atoms with Crippen molar-refractivity contribution >= 4 is 35.4 Å². The van der Waals surface area contributed by atoms with Gasteiger partial charge in [0.2, 0.25) is 11.8 Å². The minimum absolute atomic E-state index is 0.0745. The molecule has 26 heavy (non-hydrogen) atoms. The minimum Gasteiger partial charge on any atom is -0.407 e. The maximum absolute atomic E-state index is 12.9. The van der Waals surface area contributed by atoms with Gasteiger partial charge >= 0.3 is 6.01 Å². The molecule has 0 aliphatic heterocycles. The maximum atomic E-state index is 12.9. The van der Waals surface area contributed by atoms with E-state index in [2.05, 4.69) is 15.5 Å². The Morgan fingerprint density at radius 2 is 1.77 bits per heavy atom. The summed E-state index contributed by atoms with van der Waals surface area (Å²) in [5, 5.41) is 10.4. The summed E-state index contributed by atoms with van der Waals surface area (Å²) >= 11 is 2.98. The summed E-state index contributed by atoms with van der Waals surface area (Å²) in [5.41, 5.74) is 1.05. The summed E-state index contributed by atoms with van der Waals surface area (Å²) in [7, 11) is 0. The number of carbonyl (C=O) groups excluding carboxylic acids is 1. The number of aromatic nitrogens is 2. The number of nitrogens with zero attached hydrogens (tertiary/aromatic N) is 2. The van der Waals surface area contributed by atoms with Crippen molar-refractivity contribution in [2.24, 2.45) is 0 Å². The number of halogens is 1. The lowest BCUT2D eigenvalue weighted by Gasteiger charge is -2.01. The molecule has 8 heteroatoms. The molecule has 0 saturated heterocycles. The molecule has 0 bridgehead atoms. The van der Waals surface area contributed by atoms with Crippen LogP contribution in [0.5, 0.6) is 0 Å². The number of hydrogen-bond acceptors (Lipinski definition) is 6. The highest BCUT2D eigenvalue weighted by molar-refractivity contribution is 8.00. The summed E-state index contributed by atoms with van der Waals surface area (Å²) in [5.74, 6) is 0.0296. The van der Waals surface area contributed by atoms with Gasteiger partial charge < -0.3 is 4.42 Å². The topological polar surface area (TPSA) is 68.0 Å². The van der Waals surface area contributed by atoms with Crippen molar-refractivity contribution < 1.29 is 13.6 Å². The number of thioether (sulfide) groups is 2. The van der Waals surface area contributed by atoms with E-state index in [-0.39, 0.29) is 23.5 Å². The van der Waals surface area contributed by atoms with E-state index in [0.29, 0.717) is 12.3 Å². The Morgan fingerprint density at radius 1 is 1.08 bits per heavy atom. The van der Waals surface area contributed by atoms with E-state index >= 15 is 0 Å². The number of hydrogen-bond donors (Lipinski definition) is 1. The Labute approximate surface area is 158 Å². The molecule has 0 spiro atoms. The zero-order valence-electron chi connectivity index (χ0n) is 13.9. The standard InChI is InChI=1S/C18H16FN3O2S2/c1-25-14-6-2-12(3-7-14)10-17-21-22-18(24-17)20-16(23)11-26-15-8-4-13(19)5-9-15/h2-9H,10-11H2,1H3,(H,20,22,23). The van der Waals surface area contributed by atoms with E-state index in [0.717, 1.165) is 10.5 Å². The van der Waals surface area contributed by atoms with Gasteiger partial charge in [-0.15, -0.1) is 28.6 Å². The Kier molecular flexibility index (Phi) is 6.30. The number of nitrogens with one attached hydrogen (secondary N) is 1. The third-order valence-electron chi connectivity index (χ3n) is 3.41. The van der Waals surface area contributed by atoms with Crippen LogP contribution in [0.4, 0.5) is 10.4 Å². The number of benzene rings is 2. The number of carbonyl (C=O) groups is 1. The molecule has 1 heterocycles. The number of amides is 1. The molecule has 5 nitrogen and oxygen atoms in total. The summed E-state index contributed by atoms with van der Waals surface area (Å²) < 4.78 is 18.3. The molecule has 3 aromatic rings. The van der Waals surface area contributed by atoms with Gasteiger partial charge in [0, 0.05) is 9.79 Å². The second kappa shape index (κ2) is 8.86. The molecular formula is C18H16FN3O2S2. The normalized spacial score (nSPS) is 10.7. The summed E-state index contributed by atoms with van der Waals surface area (Å²) in [4.78, 5) is 13.9. The predicted octanol–water partition coefficient (Wildman–Crippen LogP) is 4.25. The fraction of sp³-hybridized carbons (Fsp3) is 0.167. The van der Waals surface area contributed by atoms with Crippen LogP contribution in [0.2, 0.25) is 0 Å². The smallest absolute Gasteiger partial charge is 0.322 e. The molecule has 0 unspecified atom stereocenters. The van der Waals surface area contributed by atoms with Gasteiger partial charge in [0.1, 0.15) is 5.82 Å². The van der Waals surface area contributed by atoms with E-state index in [9.17, 15) is 9.18 Å². The first-order chi connectivity index (χ1) is 12.6. The molecule has 0 atom stereocenters. The third-order valence-corrected chi connectivity index (χ3v) is 5.17. The lowest BCUT2D eigenvalue weighted by Crippen LogP contribution is -2.14. The van der Waals surface area contributed by atoms with Gasteiger partial charge in [0.25, 0.3) is 0 Å². The van der Waals surface area contributed by atoms with E-state index in [1.165, 1.54) is 28.8 Å². The summed E-state index contributed by atoms with van der Waals surface area (Å²) in [6, 6.07) is 14.1. The van der Waals surface area contributed by atoms with Crippen LogP contribution in [0.1, 0.15) is 11.5 Å². The summed E-state index contributed by atoms with van der Waals surface area (Å²) in [6.45, 7) is 0. The molecule has 134 valence electrons. The van der Waals surface area contributed by atoms with Gasteiger partial charge in [-0.2, -0.15) is 0 Å². The third kappa shape index (κ3) is 5.34. The van der Waals surface area contributed by atoms with Gasteiger partial charge in [0.05, 0.1) is 12.2 Å². The van der Waals surface area contributed by atoms with Crippen LogP contribution in [-0.2, 0) is 11.2 Å². The second-order valence-corrected chi connectivity index (χ2v) is 7.24. The molecule has 0 fully saturated rings. The van der Waals surface area contributed by atoms with Crippen molar-refractivity contribution in [3.8, 4) is 0 Å². The molecule has 0 saturated carbocycles. The molecule has 0 radical (unpaired) electrons. The monoisotopic (exact) mass is 389 g/mol. The van der Waals surface area contributed by atoms with Crippen LogP contribution in [0, 0.1) is 5.82 Å². The molecule has 0 aliphatic rings. The number of rotatable bonds is 7. The van der Waals surface area contributed by atoms with Crippen molar-refractivity contribution in [1.29, 1.82) is 0 Å². The van der Waals surface area contributed by atoms with Gasteiger partial charge in [0.15, 0.2) is 0 Å². The second-order valence-electron chi connectivity index (χ2n) is 5.32. The first-order valence-corrected chi connectivity index (χ1v) is 9.97. The number of anilines is 1. The van der Waals surface area contributed by atoms with Crippen LogP contribution < -0.4 is 5.32 Å². The van der Waals surface area contributed by atoms with Crippen molar-refractivity contribution in [2.75, 3.05) is 17.3 Å². The van der Waals surface area contributed by atoms with Crippen LogP contribution >= 0.6 is 23.5 Å². The van der Waals surface area contributed by atoms with Crippen LogP contribution in [0.3, 0.4) is 0 Å². The first kappa shape index (κ1) is 18.5. The van der Waals surface area contributed by atoms with Gasteiger partial charge in [-0.05, 0) is 48.2 Å². The SMILES string of the molecule is CSc1ccc(Cc2nnc(NC(=O)CSc3ccc(F)cc3)o2)cc1. The van der Waals surface area contributed by atoms with Crippen molar-refractivity contribution in [3.05, 3.63) is 65.8 Å². The van der Waals surface area contributed by atoms with Crippen LogP contribution in [-0.4, -0.2) is 28.1 Å². The van der Waals surface area contributed by atoms with Crippen molar-refractivity contribution in [2.45, 2.75) is 16.2 Å². The molecule has 1 amide bonds. The average molecular weight is 389 g/mol. The van der Waals surface area contributed by atoms with Gasteiger partial charge in [-0.25, -0.2) is 4.39 Å². The predicted molar refractivity (Wildman–Crippen MR) is 101 cm³/mol. The van der Waals surface area contributed by atoms with Crippen LogP contribution in [0.25, 0.3) is 0 Å². The fourth-order valence-corrected chi connectivity index (χ4v) is 3.24. The molecule has 1 N–H and O–H groups in total. The highest BCUT2D eigenvalue weighted by atomic mass is 32.2. The van der Waals surface area contributed by atoms with Crippen molar-refractivity contribution in [1.82, 2.24) is 10.2 Å². The molecule has 3 rings (SSSR count). The first-order valence-electron chi connectivity index (χ1n) is 7.76. The lowest BCUT2D eigenvalue weighted by molar-refractivity contribution is -0.113. The van der Waals surface area contributed by atoms with E-state index in [1.807, 2.05) is 30.5 Å². The van der Waals surface area contributed by atoms with E-state index < -0.39 is 0 Å². The van der Waals surface area contributed by atoms with Gasteiger partial charge in [-0.1, -0.05) is 17.2 Å². The van der Waals surface area contributed by atoms with Crippen molar-refractivity contribution in [3.63, 3.8) is 0 Å². The minimum atomic E-state index is -0.305. The Morgan fingerprint density at radius 3 is 2.46 bits per heavy atom. The van der Waals surface area contributed by atoms with Gasteiger partial charge in [-0.3, -0.25) is 10.1 Å². The highest BCUT2D eigenvalue weighted by Gasteiger charge is 2.11. The van der Waals surface area contributed by atoms with E-state index in [4.69, 9.17) is 4.42 Å². The quantitative estimate of drug-likeness (QED) is 0.609. The Balaban J connectivity index is 1.50. The maximum Gasteiger partial charge on any atom is 0.322 e. The average Bonchev–Trinajstić information content (AvgIpc) is 3.08. The lowest BCUT2D eigenvalue weighted by atomic mass is 10.1.